The van der Waals surface area contributed by atoms with E-state index in [0.717, 1.165) is 69.9 Å². The summed E-state index contributed by atoms with van der Waals surface area (Å²) in [4.78, 5) is 30.4. The van der Waals surface area contributed by atoms with Gasteiger partial charge in [-0.1, -0.05) is 47.7 Å². The first kappa shape index (κ1) is 22.7. The molecule has 5 aromatic rings. The Morgan fingerprint density at radius 3 is 2.69 bits per heavy atom. The quantitative estimate of drug-likeness (QED) is 0.354. The van der Waals surface area contributed by atoms with Gasteiger partial charge in [0.2, 0.25) is 0 Å². The van der Waals surface area contributed by atoms with Gasteiger partial charge >= 0.3 is 0 Å². The summed E-state index contributed by atoms with van der Waals surface area (Å²) in [6, 6.07) is 21.6. The molecule has 0 saturated carbocycles. The van der Waals surface area contributed by atoms with Gasteiger partial charge in [0.1, 0.15) is 21.0 Å². The van der Waals surface area contributed by atoms with Gasteiger partial charge in [-0.25, -0.2) is 15.0 Å². The first-order chi connectivity index (χ1) is 17.6. The lowest BCUT2D eigenvalue weighted by atomic mass is 10.1. The second-order valence-electron chi connectivity index (χ2n) is 9.19. The number of benzene rings is 2. The van der Waals surface area contributed by atoms with Crippen molar-refractivity contribution in [2.75, 3.05) is 18.4 Å². The molecule has 0 spiro atoms. The van der Waals surface area contributed by atoms with Crippen LogP contribution in [0.15, 0.2) is 72.9 Å². The summed E-state index contributed by atoms with van der Waals surface area (Å²) in [6.45, 7) is 2.88. The third-order valence-electron chi connectivity index (χ3n) is 6.58. The number of carbonyl (C=O) groups excluding carboxylic acids is 1. The van der Waals surface area contributed by atoms with Crippen molar-refractivity contribution in [3.8, 4) is 10.6 Å². The number of para-hydroxylation sites is 2. The molecule has 3 N–H and O–H groups in total. The third-order valence-corrected chi connectivity index (χ3v) is 7.59. The normalized spacial score (nSPS) is 14.9. The highest BCUT2D eigenvalue weighted by molar-refractivity contribution is 7.21. The van der Waals surface area contributed by atoms with Crippen LogP contribution < -0.4 is 11.1 Å². The highest BCUT2D eigenvalue weighted by Crippen LogP contribution is 2.34. The van der Waals surface area contributed by atoms with Crippen LogP contribution in [0.3, 0.4) is 0 Å². The van der Waals surface area contributed by atoms with E-state index in [1.165, 1.54) is 11.3 Å². The molecule has 2 aromatic carbocycles. The minimum absolute atomic E-state index is 0.254. The van der Waals surface area contributed by atoms with Crippen LogP contribution in [0.2, 0.25) is 0 Å². The number of fused-ring (bicyclic) bond motifs is 2. The van der Waals surface area contributed by atoms with Crippen LogP contribution in [0, 0.1) is 0 Å². The summed E-state index contributed by atoms with van der Waals surface area (Å²) in [5, 5.41) is 4.85. The molecular formula is C28H26N6OS. The average Bonchev–Trinajstić information content (AvgIpc) is 3.33. The number of nitrogens with one attached hydrogen (secondary N) is 1. The molecule has 3 aromatic heterocycles. The molecule has 6 rings (SSSR count). The molecule has 4 heterocycles. The van der Waals surface area contributed by atoms with Crippen LogP contribution in [-0.2, 0) is 6.54 Å². The zero-order chi connectivity index (χ0) is 24.5. The molecule has 0 bridgehead atoms. The Labute approximate surface area is 213 Å². The number of amides is 1. The number of nitrogens with zero attached hydrogens (tertiary/aromatic N) is 4. The highest BCUT2D eigenvalue weighted by Gasteiger charge is 2.18. The second kappa shape index (κ2) is 9.73. The average molecular weight is 495 g/mol. The van der Waals surface area contributed by atoms with Crippen LogP contribution in [0.25, 0.3) is 31.8 Å². The maximum atomic E-state index is 13.1. The Morgan fingerprint density at radius 1 is 1.00 bits per heavy atom. The Morgan fingerprint density at radius 2 is 1.81 bits per heavy atom. The molecule has 36 heavy (non-hydrogen) atoms. The number of nitrogens with two attached hydrogens (primary N) is 1. The molecule has 7 nitrogen and oxygen atoms in total. The van der Waals surface area contributed by atoms with E-state index in [1.54, 1.807) is 6.07 Å². The molecule has 0 unspecified atom stereocenters. The molecule has 0 atom stereocenters. The first-order valence-corrected chi connectivity index (χ1v) is 12.9. The standard InChI is InChI=1S/C28H26N6OS/c29-20-11-13-34(14-12-20)17-18-15-25-28(30-16-18)36-27(33-25)21-6-2-4-8-23(21)32-26(35)24-10-9-19-5-1-3-7-22(19)31-24/h1-10,15-16,20H,11-14,17,29H2,(H,32,35). The summed E-state index contributed by atoms with van der Waals surface area (Å²) in [6.07, 6.45) is 4.01. The molecule has 1 fully saturated rings. The molecule has 180 valence electrons. The maximum Gasteiger partial charge on any atom is 0.274 e. The van der Waals surface area contributed by atoms with Gasteiger partial charge < -0.3 is 11.1 Å². The van der Waals surface area contributed by atoms with Gasteiger partial charge in [0.05, 0.1) is 11.2 Å². The van der Waals surface area contributed by atoms with Crippen molar-refractivity contribution in [3.63, 3.8) is 0 Å². The van der Waals surface area contributed by atoms with E-state index in [9.17, 15) is 4.79 Å². The zero-order valence-corrected chi connectivity index (χ0v) is 20.5. The van der Waals surface area contributed by atoms with Crippen molar-refractivity contribution in [1.82, 2.24) is 19.9 Å². The van der Waals surface area contributed by atoms with Crippen molar-refractivity contribution in [1.29, 1.82) is 0 Å². The summed E-state index contributed by atoms with van der Waals surface area (Å²) < 4.78 is 0. The van der Waals surface area contributed by atoms with Gasteiger partial charge in [-0.2, -0.15) is 0 Å². The molecule has 0 radical (unpaired) electrons. The van der Waals surface area contributed by atoms with E-state index in [0.29, 0.717) is 17.4 Å². The van der Waals surface area contributed by atoms with Crippen LogP contribution >= 0.6 is 11.3 Å². The fourth-order valence-electron chi connectivity index (χ4n) is 4.59. The number of rotatable bonds is 5. The fraction of sp³-hybridized carbons (Fsp3) is 0.214. The van der Waals surface area contributed by atoms with Crippen molar-refractivity contribution < 1.29 is 4.79 Å². The lowest BCUT2D eigenvalue weighted by molar-refractivity contribution is 0.102. The van der Waals surface area contributed by atoms with E-state index >= 15 is 0 Å². The van der Waals surface area contributed by atoms with Crippen LogP contribution in [0.1, 0.15) is 28.9 Å². The second-order valence-corrected chi connectivity index (χ2v) is 10.2. The predicted molar refractivity (Wildman–Crippen MR) is 145 cm³/mol. The number of anilines is 1. The number of piperidine rings is 1. The van der Waals surface area contributed by atoms with Gasteiger partial charge in [0.25, 0.3) is 5.91 Å². The SMILES string of the molecule is NC1CCN(Cc2cnc3sc(-c4ccccc4NC(=O)c4ccc5ccccc5n4)nc3c2)CC1. The fourth-order valence-corrected chi connectivity index (χ4v) is 5.52. The van der Waals surface area contributed by atoms with Crippen LogP contribution in [-0.4, -0.2) is 44.9 Å². The molecule has 8 heteroatoms. The van der Waals surface area contributed by atoms with Gasteiger partial charge in [0.15, 0.2) is 0 Å². The van der Waals surface area contributed by atoms with Crippen molar-refractivity contribution in [2.45, 2.75) is 25.4 Å². The predicted octanol–water partition coefficient (Wildman–Crippen LogP) is 5.08. The Bertz CT molecular complexity index is 1560. The van der Waals surface area contributed by atoms with Crippen molar-refractivity contribution in [3.05, 3.63) is 84.2 Å². The van der Waals surface area contributed by atoms with Crippen molar-refractivity contribution in [2.24, 2.45) is 5.73 Å². The van der Waals surface area contributed by atoms with Crippen LogP contribution in [0.4, 0.5) is 5.69 Å². The summed E-state index contributed by atoms with van der Waals surface area (Å²) in [7, 11) is 0. The van der Waals surface area contributed by atoms with Gasteiger partial charge in [-0.05, 0) is 61.8 Å². The molecule has 1 saturated heterocycles. The Kier molecular flexibility index (Phi) is 6.14. The molecule has 1 aliphatic rings. The summed E-state index contributed by atoms with van der Waals surface area (Å²) in [5.41, 5.74) is 10.8. The van der Waals surface area contributed by atoms with E-state index < -0.39 is 0 Å². The topological polar surface area (TPSA) is 97.0 Å². The number of hydrogen-bond donors (Lipinski definition) is 2. The van der Waals surface area contributed by atoms with E-state index in [2.05, 4.69) is 26.3 Å². The largest absolute Gasteiger partial charge is 0.328 e. The number of thiazole rings is 1. The lowest BCUT2D eigenvalue weighted by Crippen LogP contribution is -2.39. The molecular weight excluding hydrogens is 468 g/mol. The smallest absolute Gasteiger partial charge is 0.274 e. The monoisotopic (exact) mass is 494 g/mol. The minimum Gasteiger partial charge on any atom is -0.328 e. The number of likely N-dealkylation sites (tertiary alicyclic amines) is 1. The Balaban J connectivity index is 1.24. The van der Waals surface area contributed by atoms with E-state index in [-0.39, 0.29) is 5.91 Å². The van der Waals surface area contributed by atoms with Gasteiger partial charge in [-0.3, -0.25) is 9.69 Å². The third kappa shape index (κ3) is 4.70. The Hall–Kier alpha value is -3.72. The number of hydrogen-bond acceptors (Lipinski definition) is 7. The lowest BCUT2D eigenvalue weighted by Gasteiger charge is -2.29. The first-order valence-electron chi connectivity index (χ1n) is 12.1. The van der Waals surface area contributed by atoms with Crippen molar-refractivity contribution >= 4 is 44.2 Å². The summed E-state index contributed by atoms with van der Waals surface area (Å²) in [5.74, 6) is -0.254. The zero-order valence-electron chi connectivity index (χ0n) is 19.7. The summed E-state index contributed by atoms with van der Waals surface area (Å²) >= 11 is 1.53. The van der Waals surface area contributed by atoms with E-state index in [4.69, 9.17) is 10.7 Å². The minimum atomic E-state index is -0.254. The number of pyridine rings is 2. The highest BCUT2D eigenvalue weighted by atomic mass is 32.1. The van der Waals surface area contributed by atoms with E-state index in [1.807, 2.05) is 60.8 Å². The van der Waals surface area contributed by atoms with Gasteiger partial charge in [0, 0.05) is 29.7 Å². The van der Waals surface area contributed by atoms with Gasteiger partial charge in [-0.15, -0.1) is 0 Å². The molecule has 0 aliphatic carbocycles. The molecule has 1 aliphatic heterocycles. The maximum absolute atomic E-state index is 13.1. The number of aromatic nitrogens is 3. The number of carbonyl (C=O) groups is 1. The van der Waals surface area contributed by atoms with Crippen LogP contribution in [0.5, 0.6) is 0 Å². The molecule has 1 amide bonds.